The van der Waals surface area contributed by atoms with Gasteiger partial charge in [-0.1, -0.05) is 58.3 Å². The van der Waals surface area contributed by atoms with Crippen molar-refractivity contribution in [3.8, 4) is 0 Å². The van der Waals surface area contributed by atoms with Gasteiger partial charge in [0.25, 0.3) is 0 Å². The summed E-state index contributed by atoms with van der Waals surface area (Å²) in [6, 6.07) is 5.97. The molecule has 4 nitrogen and oxygen atoms in total. The van der Waals surface area contributed by atoms with Gasteiger partial charge in [0.05, 0.1) is 4.90 Å². The summed E-state index contributed by atoms with van der Waals surface area (Å²) in [6.07, 6.45) is 11.7. The molecule has 6 heteroatoms. The molecule has 0 aliphatic carbocycles. The second-order valence-electron chi connectivity index (χ2n) is 5.73. The van der Waals surface area contributed by atoms with E-state index in [1.807, 2.05) is 0 Å². The third-order valence-corrected chi connectivity index (χ3v) is 4.60. The summed E-state index contributed by atoms with van der Waals surface area (Å²) in [5, 5.41) is 3.25. The normalized spacial score (nSPS) is 11.0. The second kappa shape index (κ2) is 13.2. The molecule has 0 saturated heterocycles. The minimum atomic E-state index is -4.34. The summed E-state index contributed by atoms with van der Waals surface area (Å²) in [5.41, 5.74) is 0.854. The number of rotatable bonds is 12. The molecule has 0 saturated carbocycles. The van der Waals surface area contributed by atoms with Crippen molar-refractivity contribution in [1.29, 1.82) is 0 Å². The number of benzene rings is 1. The van der Waals surface area contributed by atoms with Crippen molar-refractivity contribution in [2.24, 2.45) is 0 Å². The first-order valence-electron chi connectivity index (χ1n) is 8.34. The van der Waals surface area contributed by atoms with Gasteiger partial charge in [-0.15, -0.1) is 0 Å². The monoisotopic (exact) mass is 349 g/mol. The molecular weight excluding hydrogens is 321 g/mol. The van der Waals surface area contributed by atoms with Gasteiger partial charge in [-0.05, 0) is 30.7 Å². The standard InChI is InChI=1S/C17H29NO3S.Na/c1-2-3-4-5-6-7-8-9-10-15-18-16-11-13-17(14-12-16)22(19,20)21;/h11-14,18H,2-10,15H2,1H3,(H,19,20,21);/q;+1/p-1. The molecule has 1 aromatic rings. The van der Waals surface area contributed by atoms with Crippen molar-refractivity contribution >= 4 is 15.8 Å². The topological polar surface area (TPSA) is 69.2 Å². The third kappa shape index (κ3) is 11.2. The molecule has 0 aliphatic rings. The van der Waals surface area contributed by atoms with Gasteiger partial charge < -0.3 is 9.87 Å². The first kappa shape index (κ1) is 22.9. The van der Waals surface area contributed by atoms with Crippen LogP contribution in [0.3, 0.4) is 0 Å². The van der Waals surface area contributed by atoms with E-state index in [1.165, 1.54) is 63.5 Å². The fourth-order valence-corrected chi connectivity index (χ4v) is 2.88. The van der Waals surface area contributed by atoms with E-state index in [4.69, 9.17) is 0 Å². The van der Waals surface area contributed by atoms with Gasteiger partial charge in [-0.3, -0.25) is 0 Å². The Bertz CT molecular complexity index is 503. The summed E-state index contributed by atoms with van der Waals surface area (Å²) < 4.78 is 32.4. The number of nitrogens with one attached hydrogen (secondary N) is 1. The Morgan fingerprint density at radius 3 is 1.83 bits per heavy atom. The molecule has 0 aromatic heterocycles. The molecule has 0 amide bonds. The molecule has 126 valence electrons. The predicted molar refractivity (Wildman–Crippen MR) is 90.1 cm³/mol. The minimum Gasteiger partial charge on any atom is -0.744 e. The van der Waals surface area contributed by atoms with E-state index in [2.05, 4.69) is 12.2 Å². The van der Waals surface area contributed by atoms with Crippen molar-refractivity contribution in [2.45, 2.75) is 69.6 Å². The second-order valence-corrected chi connectivity index (χ2v) is 7.11. The molecule has 0 unspecified atom stereocenters. The van der Waals surface area contributed by atoms with Crippen LogP contribution in [-0.2, 0) is 10.1 Å². The van der Waals surface area contributed by atoms with Crippen LogP contribution in [0.15, 0.2) is 29.2 Å². The van der Waals surface area contributed by atoms with Crippen LogP contribution in [0.1, 0.15) is 64.7 Å². The molecule has 1 aromatic carbocycles. The number of unbranched alkanes of at least 4 members (excludes halogenated alkanes) is 8. The fraction of sp³-hybridized carbons (Fsp3) is 0.647. The van der Waals surface area contributed by atoms with E-state index in [9.17, 15) is 13.0 Å². The molecule has 0 radical (unpaired) electrons. The Morgan fingerprint density at radius 1 is 0.870 bits per heavy atom. The van der Waals surface area contributed by atoms with E-state index in [0.29, 0.717) is 0 Å². The first-order chi connectivity index (χ1) is 10.5. The third-order valence-electron chi connectivity index (χ3n) is 3.75. The van der Waals surface area contributed by atoms with Crippen LogP contribution in [0.4, 0.5) is 5.69 Å². The van der Waals surface area contributed by atoms with Crippen LogP contribution >= 0.6 is 0 Å². The summed E-state index contributed by atoms with van der Waals surface area (Å²) in [4.78, 5) is -0.180. The van der Waals surface area contributed by atoms with Crippen molar-refractivity contribution in [3.63, 3.8) is 0 Å². The minimum absolute atomic E-state index is 0. The molecule has 1 N–H and O–H groups in total. The van der Waals surface area contributed by atoms with Gasteiger partial charge in [-0.2, -0.15) is 0 Å². The van der Waals surface area contributed by atoms with E-state index < -0.39 is 10.1 Å². The van der Waals surface area contributed by atoms with Crippen LogP contribution in [0, 0.1) is 0 Å². The zero-order valence-electron chi connectivity index (χ0n) is 14.5. The predicted octanol–water partition coefficient (Wildman–Crippen LogP) is 1.54. The Labute approximate surface area is 163 Å². The maximum absolute atomic E-state index is 10.8. The van der Waals surface area contributed by atoms with E-state index >= 15 is 0 Å². The summed E-state index contributed by atoms with van der Waals surface area (Å²) >= 11 is 0. The molecule has 0 atom stereocenters. The smallest absolute Gasteiger partial charge is 0.744 e. The molecule has 0 aliphatic heterocycles. The fourth-order valence-electron chi connectivity index (χ4n) is 2.41. The van der Waals surface area contributed by atoms with Gasteiger partial charge in [0, 0.05) is 12.2 Å². The van der Waals surface area contributed by atoms with Crippen molar-refractivity contribution in [2.75, 3.05) is 11.9 Å². The van der Waals surface area contributed by atoms with Gasteiger partial charge in [0.15, 0.2) is 0 Å². The molecule has 0 heterocycles. The quantitative estimate of drug-likeness (QED) is 0.353. The van der Waals surface area contributed by atoms with Gasteiger partial charge in [0.1, 0.15) is 10.1 Å². The molecule has 23 heavy (non-hydrogen) atoms. The van der Waals surface area contributed by atoms with Gasteiger partial charge in [-0.25, -0.2) is 8.42 Å². The van der Waals surface area contributed by atoms with Gasteiger partial charge >= 0.3 is 29.6 Å². The Kier molecular flexibility index (Phi) is 13.2. The molecule has 0 spiro atoms. The molecular formula is C17H28NNaO3S. The van der Waals surface area contributed by atoms with Crippen molar-refractivity contribution < 1.29 is 42.5 Å². The molecule has 0 bridgehead atoms. The zero-order chi connectivity index (χ0) is 16.3. The SMILES string of the molecule is CCCCCCCCCCCNc1ccc(S(=O)(=O)[O-])cc1.[Na+]. The Morgan fingerprint density at radius 2 is 1.35 bits per heavy atom. The number of hydrogen-bond acceptors (Lipinski definition) is 4. The van der Waals surface area contributed by atoms with Crippen molar-refractivity contribution in [1.82, 2.24) is 0 Å². The summed E-state index contributed by atoms with van der Waals surface area (Å²) in [6.45, 7) is 3.11. The van der Waals surface area contributed by atoms with Gasteiger partial charge in [0.2, 0.25) is 0 Å². The summed E-state index contributed by atoms with van der Waals surface area (Å²) in [5.74, 6) is 0. The van der Waals surface area contributed by atoms with E-state index in [-0.39, 0.29) is 34.5 Å². The number of anilines is 1. The van der Waals surface area contributed by atoms with Crippen molar-refractivity contribution in [3.05, 3.63) is 24.3 Å². The largest absolute Gasteiger partial charge is 1.00 e. The Hall–Kier alpha value is -0.0700. The Balaban J connectivity index is 0.00000484. The number of hydrogen-bond donors (Lipinski definition) is 1. The average Bonchev–Trinajstić information content (AvgIpc) is 2.49. The zero-order valence-corrected chi connectivity index (χ0v) is 17.3. The van der Waals surface area contributed by atoms with Crippen LogP contribution in [0.5, 0.6) is 0 Å². The first-order valence-corrected chi connectivity index (χ1v) is 9.74. The average molecular weight is 349 g/mol. The van der Waals surface area contributed by atoms with Crippen LogP contribution in [0.2, 0.25) is 0 Å². The van der Waals surface area contributed by atoms with Crippen LogP contribution in [0.25, 0.3) is 0 Å². The molecule has 0 fully saturated rings. The van der Waals surface area contributed by atoms with Crippen LogP contribution < -0.4 is 34.9 Å². The maximum Gasteiger partial charge on any atom is 1.00 e. The summed E-state index contributed by atoms with van der Waals surface area (Å²) in [7, 11) is -4.34. The van der Waals surface area contributed by atoms with Crippen LogP contribution in [-0.4, -0.2) is 19.5 Å². The van der Waals surface area contributed by atoms with E-state index in [0.717, 1.165) is 18.7 Å². The molecule has 1 rings (SSSR count). The maximum atomic E-state index is 10.8. The van der Waals surface area contributed by atoms with E-state index in [1.54, 1.807) is 12.1 Å².